The van der Waals surface area contributed by atoms with E-state index in [1.165, 1.54) is 30.5 Å². The molecule has 0 saturated heterocycles. The van der Waals surface area contributed by atoms with Crippen molar-refractivity contribution in [2.75, 3.05) is 0 Å². The second-order valence-corrected chi connectivity index (χ2v) is 4.11. The Morgan fingerprint density at radius 1 is 1.07 bits per heavy atom. The van der Waals surface area contributed by atoms with E-state index in [9.17, 15) is 4.39 Å². The third kappa shape index (κ3) is 1.95. The Bertz CT molecular complexity index is 294. The van der Waals surface area contributed by atoms with Gasteiger partial charge in [0.2, 0.25) is 0 Å². The zero-order valence-electron chi connectivity index (χ0n) is 8.25. The second kappa shape index (κ2) is 4.09. The van der Waals surface area contributed by atoms with E-state index in [0.29, 0.717) is 5.92 Å². The van der Waals surface area contributed by atoms with E-state index in [2.05, 4.69) is 0 Å². The molecule has 2 heteroatoms. The summed E-state index contributed by atoms with van der Waals surface area (Å²) in [5.74, 6) is 0.266. The summed E-state index contributed by atoms with van der Waals surface area (Å²) in [5, 5.41) is 0. The molecule has 1 aromatic carbocycles. The average molecular weight is 193 g/mol. The van der Waals surface area contributed by atoms with Crippen molar-refractivity contribution < 1.29 is 4.39 Å². The van der Waals surface area contributed by atoms with Gasteiger partial charge in [0, 0.05) is 6.04 Å². The van der Waals surface area contributed by atoms with E-state index in [-0.39, 0.29) is 11.9 Å². The Morgan fingerprint density at radius 2 is 1.71 bits per heavy atom. The summed E-state index contributed by atoms with van der Waals surface area (Å²) in [6.45, 7) is 0. The fourth-order valence-electron chi connectivity index (χ4n) is 2.28. The highest BCUT2D eigenvalue weighted by Gasteiger charge is 2.22. The molecule has 2 atom stereocenters. The molecule has 14 heavy (non-hydrogen) atoms. The van der Waals surface area contributed by atoms with Gasteiger partial charge in [-0.05, 0) is 36.5 Å². The molecule has 2 N–H and O–H groups in total. The van der Waals surface area contributed by atoms with Crippen LogP contribution < -0.4 is 5.73 Å². The molecule has 1 saturated carbocycles. The third-order valence-electron chi connectivity index (χ3n) is 3.12. The van der Waals surface area contributed by atoms with Gasteiger partial charge in [-0.2, -0.15) is 0 Å². The van der Waals surface area contributed by atoms with E-state index in [0.717, 1.165) is 12.8 Å². The lowest BCUT2D eigenvalue weighted by atomic mass is 9.80. The third-order valence-corrected chi connectivity index (χ3v) is 3.12. The fraction of sp³-hybridized carbons (Fsp3) is 0.500. The van der Waals surface area contributed by atoms with E-state index in [4.69, 9.17) is 5.73 Å². The van der Waals surface area contributed by atoms with Crippen molar-refractivity contribution in [2.24, 2.45) is 5.73 Å². The molecular weight excluding hydrogens is 177 g/mol. The summed E-state index contributed by atoms with van der Waals surface area (Å²) in [6, 6.07) is 7.04. The lowest BCUT2D eigenvalue weighted by Gasteiger charge is -2.28. The Labute approximate surface area is 84.1 Å². The standard InChI is InChI=1S/C12H16FN/c13-10-7-5-9(6-8-10)11-3-1-2-4-12(11)14/h5-8,11-12H,1-4,14H2/t11-,12-/m0/s1. The SMILES string of the molecule is N[C@H]1CCCC[C@H]1c1ccc(F)cc1. The van der Waals surface area contributed by atoms with Gasteiger partial charge in [-0.25, -0.2) is 4.39 Å². The molecule has 0 aliphatic heterocycles. The number of hydrogen-bond donors (Lipinski definition) is 1. The molecule has 0 aromatic heterocycles. The Balaban J connectivity index is 2.16. The number of benzene rings is 1. The van der Waals surface area contributed by atoms with Crippen LogP contribution in [0.5, 0.6) is 0 Å². The van der Waals surface area contributed by atoms with Crippen molar-refractivity contribution in [3.05, 3.63) is 35.6 Å². The first-order valence-electron chi connectivity index (χ1n) is 5.28. The summed E-state index contributed by atoms with van der Waals surface area (Å²) in [6.07, 6.45) is 4.73. The molecule has 0 amide bonds. The lowest BCUT2D eigenvalue weighted by molar-refractivity contribution is 0.385. The largest absolute Gasteiger partial charge is 0.327 e. The van der Waals surface area contributed by atoms with Crippen LogP contribution >= 0.6 is 0 Å². The maximum Gasteiger partial charge on any atom is 0.123 e. The Hall–Kier alpha value is -0.890. The topological polar surface area (TPSA) is 26.0 Å². The Morgan fingerprint density at radius 3 is 2.36 bits per heavy atom. The van der Waals surface area contributed by atoms with Crippen LogP contribution in [0.3, 0.4) is 0 Å². The summed E-state index contributed by atoms with van der Waals surface area (Å²) in [7, 11) is 0. The van der Waals surface area contributed by atoms with Crippen LogP contribution in [0.15, 0.2) is 24.3 Å². The van der Waals surface area contributed by atoms with Crippen LogP contribution in [0.25, 0.3) is 0 Å². The summed E-state index contributed by atoms with van der Waals surface area (Å²) >= 11 is 0. The second-order valence-electron chi connectivity index (χ2n) is 4.11. The first-order chi connectivity index (χ1) is 6.77. The van der Waals surface area contributed by atoms with E-state index in [1.54, 1.807) is 0 Å². The van der Waals surface area contributed by atoms with Gasteiger partial charge in [0.25, 0.3) is 0 Å². The van der Waals surface area contributed by atoms with Gasteiger partial charge >= 0.3 is 0 Å². The van der Waals surface area contributed by atoms with E-state index >= 15 is 0 Å². The quantitative estimate of drug-likeness (QED) is 0.729. The number of rotatable bonds is 1. The van der Waals surface area contributed by atoms with Crippen LogP contribution in [0, 0.1) is 5.82 Å². The van der Waals surface area contributed by atoms with Crippen molar-refractivity contribution in [3.63, 3.8) is 0 Å². The smallest absolute Gasteiger partial charge is 0.123 e. The van der Waals surface area contributed by atoms with Gasteiger partial charge in [-0.3, -0.25) is 0 Å². The molecule has 0 bridgehead atoms. The summed E-state index contributed by atoms with van der Waals surface area (Å²) in [4.78, 5) is 0. The van der Waals surface area contributed by atoms with Crippen molar-refractivity contribution in [3.8, 4) is 0 Å². The van der Waals surface area contributed by atoms with Crippen molar-refractivity contribution in [1.82, 2.24) is 0 Å². The van der Waals surface area contributed by atoms with Crippen LogP contribution in [-0.4, -0.2) is 6.04 Å². The maximum atomic E-state index is 12.7. The molecule has 1 nitrogen and oxygen atoms in total. The van der Waals surface area contributed by atoms with E-state index < -0.39 is 0 Å². The molecule has 0 spiro atoms. The highest BCUT2D eigenvalue weighted by Crippen LogP contribution is 2.31. The summed E-state index contributed by atoms with van der Waals surface area (Å²) < 4.78 is 12.7. The van der Waals surface area contributed by atoms with Crippen molar-refractivity contribution in [1.29, 1.82) is 0 Å². The minimum Gasteiger partial charge on any atom is -0.327 e. The molecular formula is C12H16FN. The monoisotopic (exact) mass is 193 g/mol. The normalized spacial score (nSPS) is 27.6. The molecule has 2 rings (SSSR count). The molecule has 1 aromatic rings. The predicted molar refractivity (Wildman–Crippen MR) is 55.6 cm³/mol. The van der Waals surface area contributed by atoms with Gasteiger partial charge < -0.3 is 5.73 Å². The first kappa shape index (κ1) is 9.66. The number of nitrogens with two attached hydrogens (primary N) is 1. The van der Waals surface area contributed by atoms with Crippen molar-refractivity contribution >= 4 is 0 Å². The number of halogens is 1. The molecule has 0 heterocycles. The van der Waals surface area contributed by atoms with Crippen LogP contribution in [0.1, 0.15) is 37.2 Å². The zero-order chi connectivity index (χ0) is 9.97. The lowest BCUT2D eigenvalue weighted by Crippen LogP contribution is -2.31. The molecule has 0 radical (unpaired) electrons. The molecule has 1 aliphatic rings. The fourth-order valence-corrected chi connectivity index (χ4v) is 2.28. The molecule has 1 aliphatic carbocycles. The van der Waals surface area contributed by atoms with Crippen LogP contribution in [0.2, 0.25) is 0 Å². The maximum absolute atomic E-state index is 12.7. The Kier molecular flexibility index (Phi) is 2.82. The van der Waals surface area contributed by atoms with Gasteiger partial charge in [0.15, 0.2) is 0 Å². The van der Waals surface area contributed by atoms with Gasteiger partial charge in [0.1, 0.15) is 5.82 Å². The van der Waals surface area contributed by atoms with Crippen LogP contribution in [0.4, 0.5) is 4.39 Å². The number of hydrogen-bond acceptors (Lipinski definition) is 1. The molecule has 1 fully saturated rings. The summed E-state index contributed by atoms with van der Waals surface area (Å²) in [5.41, 5.74) is 7.25. The highest BCUT2D eigenvalue weighted by molar-refractivity contribution is 5.22. The van der Waals surface area contributed by atoms with Gasteiger partial charge in [-0.1, -0.05) is 25.0 Å². The minimum absolute atomic E-state index is 0.168. The predicted octanol–water partition coefficient (Wildman–Crippen LogP) is 2.81. The van der Waals surface area contributed by atoms with Crippen molar-refractivity contribution in [2.45, 2.75) is 37.6 Å². The minimum atomic E-state index is -0.168. The molecule has 0 unspecified atom stereocenters. The highest BCUT2D eigenvalue weighted by atomic mass is 19.1. The van der Waals surface area contributed by atoms with Gasteiger partial charge in [-0.15, -0.1) is 0 Å². The first-order valence-corrected chi connectivity index (χ1v) is 5.28. The molecule has 76 valence electrons. The van der Waals surface area contributed by atoms with Crippen LogP contribution in [-0.2, 0) is 0 Å². The zero-order valence-corrected chi connectivity index (χ0v) is 8.25. The average Bonchev–Trinajstić information content (AvgIpc) is 2.20. The van der Waals surface area contributed by atoms with Gasteiger partial charge in [0.05, 0.1) is 0 Å². The van der Waals surface area contributed by atoms with E-state index in [1.807, 2.05) is 12.1 Å².